The van der Waals surface area contributed by atoms with Crippen LogP contribution in [0.3, 0.4) is 0 Å². The molecule has 2 aliphatic rings. The van der Waals surface area contributed by atoms with E-state index in [1.54, 1.807) is 0 Å². The number of fused-ring (bicyclic) bond motifs is 5. The Morgan fingerprint density at radius 3 is 2.50 bits per heavy atom. The van der Waals surface area contributed by atoms with E-state index in [4.69, 9.17) is 9.97 Å². The minimum Gasteiger partial charge on any atom is -0.358 e. The lowest BCUT2D eigenvalue weighted by Gasteiger charge is -2.41. The van der Waals surface area contributed by atoms with Crippen LogP contribution in [0.2, 0.25) is 0 Å². The number of hydrogen-bond donors (Lipinski definition) is 2. The largest absolute Gasteiger partial charge is 0.358 e. The van der Waals surface area contributed by atoms with Gasteiger partial charge in [0.1, 0.15) is 17.7 Å². The third kappa shape index (κ3) is 5.14. The van der Waals surface area contributed by atoms with Gasteiger partial charge >= 0.3 is 0 Å². The summed E-state index contributed by atoms with van der Waals surface area (Å²) in [7, 11) is 0. The average Bonchev–Trinajstić information content (AvgIpc) is 3.00. The summed E-state index contributed by atoms with van der Waals surface area (Å²) in [6.45, 7) is 6.77. The SMILES string of the molecule is CC(C)[C@@H]1Nc2nc(nc3ccccc23)CN2CCN(C(=O)c3ccccc3-c3ccccc3)CC2CNC1=O. The number of benzene rings is 3. The van der Waals surface area contributed by atoms with Gasteiger partial charge in [-0.3, -0.25) is 14.5 Å². The maximum atomic E-state index is 13.9. The molecule has 1 unspecified atom stereocenters. The molecule has 204 valence electrons. The van der Waals surface area contributed by atoms with E-state index >= 15 is 0 Å². The highest BCUT2D eigenvalue weighted by molar-refractivity contribution is 6.01. The fraction of sp³-hybridized carbons (Fsp3) is 0.312. The first-order chi connectivity index (χ1) is 19.5. The van der Waals surface area contributed by atoms with Crippen molar-refractivity contribution in [3.63, 3.8) is 0 Å². The van der Waals surface area contributed by atoms with E-state index in [0.717, 1.165) is 22.0 Å². The maximum absolute atomic E-state index is 13.9. The van der Waals surface area contributed by atoms with Crippen molar-refractivity contribution in [2.75, 3.05) is 31.5 Å². The Kier molecular flexibility index (Phi) is 7.17. The highest BCUT2D eigenvalue weighted by Crippen LogP contribution is 2.27. The fourth-order valence-electron chi connectivity index (χ4n) is 5.69. The number of carbonyl (C=O) groups is 2. The number of para-hydroxylation sites is 1. The Hall–Kier alpha value is -4.30. The molecule has 4 aromatic rings. The number of anilines is 1. The van der Waals surface area contributed by atoms with Gasteiger partial charge in [-0.2, -0.15) is 0 Å². The first-order valence-electron chi connectivity index (χ1n) is 14.0. The number of hydrogen-bond acceptors (Lipinski definition) is 6. The summed E-state index contributed by atoms with van der Waals surface area (Å²) in [5.41, 5.74) is 3.48. The molecule has 1 fully saturated rings. The molecular weight excluding hydrogens is 500 g/mol. The third-order valence-electron chi connectivity index (χ3n) is 7.88. The van der Waals surface area contributed by atoms with Crippen LogP contribution >= 0.6 is 0 Å². The first-order valence-corrected chi connectivity index (χ1v) is 14.0. The third-order valence-corrected chi connectivity index (χ3v) is 7.88. The van der Waals surface area contributed by atoms with Crippen molar-refractivity contribution < 1.29 is 9.59 Å². The lowest BCUT2D eigenvalue weighted by atomic mass is 9.98. The van der Waals surface area contributed by atoms with E-state index in [0.29, 0.717) is 49.9 Å². The van der Waals surface area contributed by atoms with Crippen LogP contribution in [0, 0.1) is 5.92 Å². The number of piperazine rings is 1. The Bertz CT molecular complexity index is 1540. The summed E-state index contributed by atoms with van der Waals surface area (Å²) in [6.07, 6.45) is 0. The fourth-order valence-corrected chi connectivity index (χ4v) is 5.69. The topological polar surface area (TPSA) is 90.5 Å². The lowest BCUT2D eigenvalue weighted by molar-refractivity contribution is -0.123. The van der Waals surface area contributed by atoms with Crippen molar-refractivity contribution in [2.45, 2.75) is 32.5 Å². The van der Waals surface area contributed by atoms with Crippen LogP contribution in [0.5, 0.6) is 0 Å². The molecule has 40 heavy (non-hydrogen) atoms. The molecule has 8 nitrogen and oxygen atoms in total. The van der Waals surface area contributed by atoms with Crippen molar-refractivity contribution >= 4 is 28.5 Å². The van der Waals surface area contributed by atoms with Crippen molar-refractivity contribution in [1.29, 1.82) is 0 Å². The molecule has 0 radical (unpaired) electrons. The zero-order chi connectivity index (χ0) is 27.6. The summed E-state index contributed by atoms with van der Waals surface area (Å²) >= 11 is 0. The van der Waals surface area contributed by atoms with Crippen LogP contribution in [0.15, 0.2) is 78.9 Å². The van der Waals surface area contributed by atoms with Gasteiger partial charge < -0.3 is 15.5 Å². The molecular formula is C32H34N6O2. The molecule has 3 aromatic carbocycles. The van der Waals surface area contributed by atoms with Crippen LogP contribution in [-0.4, -0.2) is 69.8 Å². The normalized spacial score (nSPS) is 19.9. The number of nitrogens with zero attached hydrogens (tertiary/aromatic N) is 4. The summed E-state index contributed by atoms with van der Waals surface area (Å²) in [5.74, 6) is 1.37. The smallest absolute Gasteiger partial charge is 0.254 e. The molecule has 2 bridgehead atoms. The molecule has 1 saturated heterocycles. The van der Waals surface area contributed by atoms with Gasteiger partial charge in [0.2, 0.25) is 5.91 Å². The van der Waals surface area contributed by atoms with E-state index in [2.05, 4.69) is 15.5 Å². The minimum absolute atomic E-state index is 0.00529. The lowest BCUT2D eigenvalue weighted by Crippen LogP contribution is -2.58. The first kappa shape index (κ1) is 26.0. The zero-order valence-corrected chi connectivity index (χ0v) is 22.9. The molecule has 1 aromatic heterocycles. The molecule has 0 saturated carbocycles. The van der Waals surface area contributed by atoms with E-state index in [1.165, 1.54) is 0 Å². The van der Waals surface area contributed by atoms with E-state index in [1.807, 2.05) is 97.6 Å². The second-order valence-electron chi connectivity index (χ2n) is 10.9. The quantitative estimate of drug-likeness (QED) is 0.410. The van der Waals surface area contributed by atoms with Crippen LogP contribution in [0.4, 0.5) is 5.82 Å². The summed E-state index contributed by atoms with van der Waals surface area (Å²) < 4.78 is 0. The highest BCUT2D eigenvalue weighted by Gasteiger charge is 2.33. The van der Waals surface area contributed by atoms with Crippen LogP contribution in [0.25, 0.3) is 22.0 Å². The molecule has 2 atom stereocenters. The Morgan fingerprint density at radius 1 is 0.925 bits per heavy atom. The Balaban J connectivity index is 1.31. The standard InChI is InChI=1S/C32H34N6O2/c1-21(2)29-31(39)33-18-23-19-38(32(40)25-13-7-6-12-24(25)22-10-4-3-5-11-22)17-16-37(23)20-28-34-27-15-9-8-14-26(27)30(35-28)36-29/h3-15,21,23,29H,16-20H2,1-2H3,(H,33,39)(H,34,35,36)/t23?,29-/m0/s1. The molecule has 2 N–H and O–H groups in total. The summed E-state index contributed by atoms with van der Waals surface area (Å²) in [5, 5.41) is 7.49. The molecule has 0 spiro atoms. The Labute approximate surface area is 234 Å². The maximum Gasteiger partial charge on any atom is 0.254 e. The van der Waals surface area contributed by atoms with Gasteiger partial charge in [-0.25, -0.2) is 9.97 Å². The van der Waals surface area contributed by atoms with Crippen molar-refractivity contribution in [2.24, 2.45) is 5.92 Å². The number of carbonyl (C=O) groups excluding carboxylic acids is 2. The van der Waals surface area contributed by atoms with Gasteiger partial charge in [0.25, 0.3) is 5.91 Å². The molecule has 6 rings (SSSR count). The number of aromatic nitrogens is 2. The zero-order valence-electron chi connectivity index (χ0n) is 22.9. The monoisotopic (exact) mass is 534 g/mol. The Morgan fingerprint density at radius 2 is 1.68 bits per heavy atom. The van der Waals surface area contributed by atoms with Gasteiger partial charge in [0.15, 0.2) is 0 Å². The number of nitrogens with one attached hydrogen (secondary N) is 2. The minimum atomic E-state index is -0.447. The summed E-state index contributed by atoms with van der Waals surface area (Å²) in [6, 6.07) is 25.2. The predicted octanol–water partition coefficient (Wildman–Crippen LogP) is 4.19. The van der Waals surface area contributed by atoms with Gasteiger partial charge in [0.05, 0.1) is 12.1 Å². The van der Waals surface area contributed by atoms with Crippen molar-refractivity contribution in [1.82, 2.24) is 25.1 Å². The van der Waals surface area contributed by atoms with E-state index in [-0.39, 0.29) is 23.8 Å². The molecule has 8 heteroatoms. The van der Waals surface area contributed by atoms with Crippen LogP contribution in [-0.2, 0) is 11.3 Å². The predicted molar refractivity (Wildman–Crippen MR) is 157 cm³/mol. The average molecular weight is 535 g/mol. The van der Waals surface area contributed by atoms with Gasteiger partial charge in [-0.1, -0.05) is 74.5 Å². The number of amides is 2. The van der Waals surface area contributed by atoms with Gasteiger partial charge in [0, 0.05) is 43.2 Å². The van der Waals surface area contributed by atoms with E-state index < -0.39 is 6.04 Å². The van der Waals surface area contributed by atoms with E-state index in [9.17, 15) is 9.59 Å². The van der Waals surface area contributed by atoms with Crippen LogP contribution < -0.4 is 10.6 Å². The van der Waals surface area contributed by atoms with Crippen molar-refractivity contribution in [3.8, 4) is 11.1 Å². The van der Waals surface area contributed by atoms with Crippen molar-refractivity contribution in [3.05, 3.63) is 90.3 Å². The molecule has 2 aliphatic heterocycles. The molecule has 2 amide bonds. The van der Waals surface area contributed by atoms with Gasteiger partial charge in [-0.05, 0) is 35.2 Å². The number of rotatable bonds is 3. The molecule has 0 aliphatic carbocycles. The second kappa shape index (κ2) is 11.1. The summed E-state index contributed by atoms with van der Waals surface area (Å²) in [4.78, 5) is 41.2. The van der Waals surface area contributed by atoms with Crippen LogP contribution in [0.1, 0.15) is 30.0 Å². The highest BCUT2D eigenvalue weighted by atomic mass is 16.2. The molecule has 3 heterocycles. The second-order valence-corrected chi connectivity index (χ2v) is 10.9. The van der Waals surface area contributed by atoms with Gasteiger partial charge in [-0.15, -0.1) is 0 Å².